The first-order valence-corrected chi connectivity index (χ1v) is 5.55. The van der Waals surface area contributed by atoms with Gasteiger partial charge in [0.05, 0.1) is 11.3 Å². The number of aromatic nitrogens is 1. The van der Waals surface area contributed by atoms with Gasteiger partial charge in [-0.25, -0.2) is 4.98 Å². The Kier molecular flexibility index (Phi) is 4.27. The van der Waals surface area contributed by atoms with Gasteiger partial charge in [-0.1, -0.05) is 13.3 Å². The Balaban J connectivity index is 2.65. The van der Waals surface area contributed by atoms with E-state index in [-0.39, 0.29) is 0 Å². The predicted octanol–water partition coefficient (Wildman–Crippen LogP) is 2.43. The van der Waals surface area contributed by atoms with Crippen molar-refractivity contribution >= 4 is 17.4 Å². The average Bonchev–Trinajstić information content (AvgIpc) is 2.20. The second-order valence-corrected chi connectivity index (χ2v) is 4.02. The van der Waals surface area contributed by atoms with E-state index >= 15 is 0 Å². The van der Waals surface area contributed by atoms with Gasteiger partial charge in [0.2, 0.25) is 0 Å². The lowest BCUT2D eigenvalue weighted by Gasteiger charge is -2.03. The molecule has 0 aliphatic carbocycles. The molecule has 1 aromatic heterocycles. The van der Waals surface area contributed by atoms with Gasteiger partial charge in [-0.15, -0.1) is 11.8 Å². The van der Waals surface area contributed by atoms with Crippen LogP contribution in [0.15, 0.2) is 17.3 Å². The van der Waals surface area contributed by atoms with E-state index in [1.165, 1.54) is 6.42 Å². The molecule has 0 bridgehead atoms. The predicted molar refractivity (Wildman–Crippen MR) is 59.0 cm³/mol. The van der Waals surface area contributed by atoms with Crippen LogP contribution in [0.5, 0.6) is 0 Å². The summed E-state index contributed by atoms with van der Waals surface area (Å²) in [5, 5.41) is 9.45. The summed E-state index contributed by atoms with van der Waals surface area (Å²) in [6.45, 7) is 2.15. The van der Waals surface area contributed by atoms with Crippen molar-refractivity contribution in [2.24, 2.45) is 0 Å². The zero-order valence-electron chi connectivity index (χ0n) is 8.16. The molecule has 4 heteroatoms. The largest absolute Gasteiger partial charge is 0.397 e. The molecule has 0 radical (unpaired) electrons. The summed E-state index contributed by atoms with van der Waals surface area (Å²) in [5.74, 6) is 1.03. The monoisotopic (exact) mass is 207 g/mol. The van der Waals surface area contributed by atoms with Gasteiger partial charge in [0.25, 0.3) is 0 Å². The first-order chi connectivity index (χ1) is 6.77. The molecule has 0 saturated heterocycles. The average molecular weight is 207 g/mol. The Morgan fingerprint density at radius 2 is 2.43 bits per heavy atom. The highest BCUT2D eigenvalue weighted by atomic mass is 32.2. The van der Waals surface area contributed by atoms with Crippen LogP contribution in [0.3, 0.4) is 0 Å². The number of rotatable bonds is 4. The van der Waals surface area contributed by atoms with Gasteiger partial charge >= 0.3 is 0 Å². The van der Waals surface area contributed by atoms with Crippen LogP contribution < -0.4 is 5.73 Å². The molecule has 2 N–H and O–H groups in total. The van der Waals surface area contributed by atoms with Gasteiger partial charge < -0.3 is 5.73 Å². The number of pyridine rings is 1. The van der Waals surface area contributed by atoms with Crippen molar-refractivity contribution in [3.8, 4) is 6.07 Å². The minimum Gasteiger partial charge on any atom is -0.397 e. The maximum atomic E-state index is 8.61. The summed E-state index contributed by atoms with van der Waals surface area (Å²) in [6.07, 6.45) is 3.89. The van der Waals surface area contributed by atoms with Crippen molar-refractivity contribution in [1.29, 1.82) is 5.26 Å². The number of nitrogen functional groups attached to an aromatic ring is 1. The topological polar surface area (TPSA) is 62.7 Å². The highest BCUT2D eigenvalue weighted by molar-refractivity contribution is 7.99. The fourth-order valence-corrected chi connectivity index (χ4v) is 1.94. The molecule has 1 heterocycles. The molecule has 0 aliphatic heterocycles. The van der Waals surface area contributed by atoms with E-state index in [9.17, 15) is 0 Å². The third kappa shape index (κ3) is 2.93. The van der Waals surface area contributed by atoms with Gasteiger partial charge in [0.1, 0.15) is 11.1 Å². The minimum atomic E-state index is 0.516. The standard InChI is InChI=1S/C10H13N3S/c1-2-3-4-14-10-9(12)5-8(6-11)7-13-10/h5,7H,2-4,12H2,1H3. The summed E-state index contributed by atoms with van der Waals surface area (Å²) in [5.41, 5.74) is 6.86. The molecule has 0 amide bonds. The third-order valence-electron chi connectivity index (χ3n) is 1.74. The lowest BCUT2D eigenvalue weighted by molar-refractivity contribution is 0.894. The van der Waals surface area contributed by atoms with Crippen LogP contribution in [0.4, 0.5) is 5.69 Å². The van der Waals surface area contributed by atoms with Crippen LogP contribution >= 0.6 is 11.8 Å². The van der Waals surface area contributed by atoms with Gasteiger partial charge in [0, 0.05) is 6.20 Å². The Morgan fingerprint density at radius 3 is 3.00 bits per heavy atom. The van der Waals surface area contributed by atoms with E-state index in [0.29, 0.717) is 11.3 Å². The number of nitrogens with zero attached hydrogens (tertiary/aromatic N) is 2. The smallest absolute Gasteiger partial charge is 0.119 e. The minimum absolute atomic E-state index is 0.516. The lowest BCUT2D eigenvalue weighted by Crippen LogP contribution is -1.94. The molecule has 0 atom stereocenters. The molecular formula is C10H13N3S. The second kappa shape index (κ2) is 5.51. The zero-order chi connectivity index (χ0) is 10.4. The number of hydrogen-bond donors (Lipinski definition) is 1. The molecule has 74 valence electrons. The summed E-state index contributed by atoms with van der Waals surface area (Å²) < 4.78 is 0. The van der Waals surface area contributed by atoms with E-state index in [1.54, 1.807) is 24.0 Å². The molecule has 1 rings (SSSR count). The first-order valence-electron chi connectivity index (χ1n) is 4.56. The van der Waals surface area contributed by atoms with E-state index < -0.39 is 0 Å². The molecule has 0 aromatic carbocycles. The van der Waals surface area contributed by atoms with Crippen LogP contribution in [-0.4, -0.2) is 10.7 Å². The van der Waals surface area contributed by atoms with Crippen molar-refractivity contribution in [3.63, 3.8) is 0 Å². The summed E-state index contributed by atoms with van der Waals surface area (Å²) in [7, 11) is 0. The van der Waals surface area contributed by atoms with Gasteiger partial charge in [-0.2, -0.15) is 5.26 Å². The van der Waals surface area contributed by atoms with Crippen LogP contribution in [0.1, 0.15) is 25.3 Å². The van der Waals surface area contributed by atoms with E-state index in [4.69, 9.17) is 11.0 Å². The van der Waals surface area contributed by atoms with E-state index in [2.05, 4.69) is 11.9 Å². The maximum Gasteiger partial charge on any atom is 0.119 e. The van der Waals surface area contributed by atoms with Crippen molar-refractivity contribution in [2.45, 2.75) is 24.8 Å². The van der Waals surface area contributed by atoms with Crippen molar-refractivity contribution in [3.05, 3.63) is 17.8 Å². The fourth-order valence-electron chi connectivity index (χ4n) is 0.964. The highest BCUT2D eigenvalue weighted by Gasteiger charge is 2.02. The molecule has 1 aromatic rings. The zero-order valence-corrected chi connectivity index (χ0v) is 8.97. The Labute approximate surface area is 88.3 Å². The number of hydrogen-bond acceptors (Lipinski definition) is 4. The van der Waals surface area contributed by atoms with Gasteiger partial charge in [0.15, 0.2) is 0 Å². The molecule has 0 aliphatic rings. The highest BCUT2D eigenvalue weighted by Crippen LogP contribution is 2.23. The maximum absolute atomic E-state index is 8.61. The number of thioether (sulfide) groups is 1. The quantitative estimate of drug-likeness (QED) is 0.608. The Hall–Kier alpha value is -1.21. The van der Waals surface area contributed by atoms with Crippen LogP contribution in [0.2, 0.25) is 0 Å². The van der Waals surface area contributed by atoms with Crippen molar-refractivity contribution in [1.82, 2.24) is 4.98 Å². The van der Waals surface area contributed by atoms with Gasteiger partial charge in [-0.05, 0) is 18.2 Å². The fraction of sp³-hybridized carbons (Fsp3) is 0.400. The lowest BCUT2D eigenvalue weighted by atomic mass is 10.3. The second-order valence-electron chi connectivity index (χ2n) is 2.93. The summed E-state index contributed by atoms with van der Waals surface area (Å²) in [4.78, 5) is 4.14. The molecule has 0 unspecified atom stereocenters. The molecule has 0 saturated carbocycles. The molecule has 0 spiro atoms. The number of nitrogens with two attached hydrogens (primary N) is 1. The Bertz CT molecular complexity index is 344. The summed E-state index contributed by atoms with van der Waals surface area (Å²) >= 11 is 1.65. The number of anilines is 1. The molecular weight excluding hydrogens is 194 g/mol. The number of nitriles is 1. The SMILES string of the molecule is CCCCSc1ncc(C#N)cc1N. The van der Waals surface area contributed by atoms with E-state index in [0.717, 1.165) is 17.2 Å². The van der Waals surface area contributed by atoms with Gasteiger partial charge in [-0.3, -0.25) is 0 Å². The summed E-state index contributed by atoms with van der Waals surface area (Å²) in [6, 6.07) is 3.68. The number of unbranched alkanes of at least 4 members (excludes halogenated alkanes) is 1. The first kappa shape index (κ1) is 10.9. The van der Waals surface area contributed by atoms with E-state index in [1.807, 2.05) is 6.07 Å². The molecule has 14 heavy (non-hydrogen) atoms. The van der Waals surface area contributed by atoms with Crippen LogP contribution in [-0.2, 0) is 0 Å². The molecule has 3 nitrogen and oxygen atoms in total. The van der Waals surface area contributed by atoms with Crippen LogP contribution in [0, 0.1) is 11.3 Å². The third-order valence-corrected chi connectivity index (χ3v) is 2.85. The van der Waals surface area contributed by atoms with Crippen LogP contribution in [0.25, 0.3) is 0 Å². The van der Waals surface area contributed by atoms with Crippen molar-refractivity contribution in [2.75, 3.05) is 11.5 Å². The normalized spacial score (nSPS) is 9.71. The Morgan fingerprint density at radius 1 is 1.64 bits per heavy atom. The molecule has 0 fully saturated rings. The van der Waals surface area contributed by atoms with Crippen molar-refractivity contribution < 1.29 is 0 Å².